The molecule has 0 aliphatic heterocycles. The summed E-state index contributed by atoms with van der Waals surface area (Å²) >= 11 is 6.91. The Kier molecular flexibility index (Phi) is 4.52. The number of para-hydroxylation sites is 1. The van der Waals surface area contributed by atoms with Gasteiger partial charge in [-0.15, -0.1) is 0 Å². The third-order valence-electron chi connectivity index (χ3n) is 3.20. The molecule has 0 aliphatic carbocycles. The molecule has 0 saturated carbocycles. The van der Waals surface area contributed by atoms with Gasteiger partial charge in [-0.1, -0.05) is 42.2 Å². The van der Waals surface area contributed by atoms with Gasteiger partial charge in [0.1, 0.15) is 4.32 Å². The molecule has 0 fully saturated rings. The molecule has 106 valence electrons. The molecule has 0 amide bonds. The molecule has 0 spiro atoms. The minimum absolute atomic E-state index is 0.793. The molecule has 1 aromatic carbocycles. The first-order chi connectivity index (χ1) is 10.3. The van der Waals surface area contributed by atoms with E-state index in [2.05, 4.69) is 39.7 Å². The number of rotatable bonds is 4. The highest BCUT2D eigenvalue weighted by atomic mass is 32.2. The Hall–Kier alpha value is -1.85. The predicted octanol–water partition coefficient (Wildman–Crippen LogP) is 3.77. The summed E-state index contributed by atoms with van der Waals surface area (Å²) in [5.41, 5.74) is 2.50. The Labute approximate surface area is 133 Å². The van der Waals surface area contributed by atoms with Crippen LogP contribution in [-0.2, 0) is 6.42 Å². The lowest BCUT2D eigenvalue weighted by atomic mass is 10.1. The highest BCUT2D eigenvalue weighted by Gasteiger charge is 2.04. The average molecular weight is 313 g/mol. The topological polar surface area (TPSA) is 40.7 Å². The molecule has 0 atom stereocenters. The molecule has 0 bridgehead atoms. The first-order valence-corrected chi connectivity index (χ1v) is 7.96. The average Bonchev–Trinajstić information content (AvgIpc) is 2.92. The fraction of sp³-hybridized carbons (Fsp3) is 0.125. The fourth-order valence-corrected chi connectivity index (χ4v) is 3.22. The number of H-pyrrole nitrogens is 1. The summed E-state index contributed by atoms with van der Waals surface area (Å²) in [4.78, 5) is 8.40. The second-order valence-electron chi connectivity index (χ2n) is 4.61. The lowest BCUT2D eigenvalue weighted by Gasteiger charge is -2.06. The molecule has 21 heavy (non-hydrogen) atoms. The Morgan fingerprint density at radius 2 is 2.00 bits per heavy atom. The smallest absolute Gasteiger partial charge is 0.138 e. The monoisotopic (exact) mass is 313 g/mol. The summed E-state index contributed by atoms with van der Waals surface area (Å²) in [7, 11) is 0. The Morgan fingerprint density at radius 1 is 1.19 bits per heavy atom. The summed E-state index contributed by atoms with van der Waals surface area (Å²) in [6.45, 7) is 0.832. The van der Waals surface area contributed by atoms with Crippen molar-refractivity contribution < 1.29 is 0 Å². The van der Waals surface area contributed by atoms with E-state index < -0.39 is 0 Å². The zero-order valence-corrected chi connectivity index (χ0v) is 13.0. The molecule has 2 N–H and O–H groups in total. The van der Waals surface area contributed by atoms with Crippen molar-refractivity contribution in [2.45, 2.75) is 11.3 Å². The third kappa shape index (κ3) is 3.62. The van der Waals surface area contributed by atoms with Gasteiger partial charge in [0, 0.05) is 40.9 Å². The van der Waals surface area contributed by atoms with Gasteiger partial charge in [0.15, 0.2) is 0 Å². The lowest BCUT2D eigenvalue weighted by Crippen LogP contribution is -2.21. The van der Waals surface area contributed by atoms with Crippen molar-refractivity contribution in [3.63, 3.8) is 0 Å². The first-order valence-electron chi connectivity index (χ1n) is 6.73. The van der Waals surface area contributed by atoms with Crippen LogP contribution in [0.2, 0.25) is 0 Å². The van der Waals surface area contributed by atoms with E-state index in [1.54, 1.807) is 24.2 Å². The number of thioether (sulfide) groups is 1. The summed E-state index contributed by atoms with van der Waals surface area (Å²) in [5, 5.41) is 4.58. The van der Waals surface area contributed by atoms with Gasteiger partial charge in [-0.3, -0.25) is 4.98 Å². The van der Waals surface area contributed by atoms with Crippen LogP contribution in [-0.4, -0.2) is 20.8 Å². The standard InChI is InChI=1S/C16H15N3S2/c20-16(21-13-6-8-17-9-7-13)18-10-5-12-11-19-15-4-2-1-3-14(12)15/h1-4,6-9,11,19H,5,10H2,(H,18,20). The lowest BCUT2D eigenvalue weighted by molar-refractivity contribution is 0.887. The van der Waals surface area contributed by atoms with Gasteiger partial charge in [-0.05, 0) is 30.2 Å². The van der Waals surface area contributed by atoms with Crippen molar-refractivity contribution in [3.8, 4) is 0 Å². The molecule has 3 nitrogen and oxygen atoms in total. The van der Waals surface area contributed by atoms with Gasteiger partial charge in [0.05, 0.1) is 0 Å². The van der Waals surface area contributed by atoms with Gasteiger partial charge in [-0.2, -0.15) is 0 Å². The van der Waals surface area contributed by atoms with Crippen LogP contribution >= 0.6 is 24.0 Å². The van der Waals surface area contributed by atoms with E-state index in [1.165, 1.54) is 16.5 Å². The van der Waals surface area contributed by atoms with E-state index >= 15 is 0 Å². The number of thiocarbonyl (C=S) groups is 1. The SMILES string of the molecule is S=C(NCCc1c[nH]c2ccccc12)Sc1ccncc1. The minimum Gasteiger partial charge on any atom is -0.370 e. The fourth-order valence-electron chi connectivity index (χ4n) is 2.19. The number of fused-ring (bicyclic) bond motifs is 1. The van der Waals surface area contributed by atoms with Gasteiger partial charge in [0.2, 0.25) is 0 Å². The minimum atomic E-state index is 0.793. The second kappa shape index (κ2) is 6.74. The molecule has 3 rings (SSSR count). The molecular weight excluding hydrogens is 298 g/mol. The van der Waals surface area contributed by atoms with E-state index in [4.69, 9.17) is 12.2 Å². The number of hydrogen-bond acceptors (Lipinski definition) is 3. The summed E-state index contributed by atoms with van der Waals surface area (Å²) in [6, 6.07) is 12.3. The van der Waals surface area contributed by atoms with Crippen molar-refractivity contribution in [1.29, 1.82) is 0 Å². The summed E-state index contributed by atoms with van der Waals surface area (Å²) in [5.74, 6) is 0. The molecule has 2 heterocycles. The van der Waals surface area contributed by atoms with E-state index in [-0.39, 0.29) is 0 Å². The van der Waals surface area contributed by atoms with E-state index in [0.717, 1.165) is 22.2 Å². The van der Waals surface area contributed by atoms with Crippen LogP contribution in [0.25, 0.3) is 10.9 Å². The number of nitrogens with zero attached hydrogens (tertiary/aromatic N) is 1. The van der Waals surface area contributed by atoms with Crippen LogP contribution in [0.5, 0.6) is 0 Å². The second-order valence-corrected chi connectivity index (χ2v) is 6.36. The van der Waals surface area contributed by atoms with Crippen LogP contribution in [0.1, 0.15) is 5.56 Å². The summed E-state index contributed by atoms with van der Waals surface area (Å²) < 4.78 is 0.793. The van der Waals surface area contributed by atoms with Crippen molar-refractivity contribution in [2.75, 3.05) is 6.54 Å². The highest BCUT2D eigenvalue weighted by Crippen LogP contribution is 2.19. The normalized spacial score (nSPS) is 10.7. The Balaban J connectivity index is 1.53. The van der Waals surface area contributed by atoms with Crippen LogP contribution in [0.4, 0.5) is 0 Å². The van der Waals surface area contributed by atoms with Crippen LogP contribution in [0, 0.1) is 0 Å². The quantitative estimate of drug-likeness (QED) is 0.568. The van der Waals surface area contributed by atoms with E-state index in [9.17, 15) is 0 Å². The van der Waals surface area contributed by atoms with Crippen LogP contribution in [0.3, 0.4) is 0 Å². The van der Waals surface area contributed by atoms with Crippen LogP contribution in [0.15, 0.2) is 59.9 Å². The molecule has 0 unspecified atom stereocenters. The van der Waals surface area contributed by atoms with Crippen molar-refractivity contribution in [2.24, 2.45) is 0 Å². The number of hydrogen-bond donors (Lipinski definition) is 2. The number of benzene rings is 1. The molecular formula is C16H15N3S2. The predicted molar refractivity (Wildman–Crippen MR) is 92.7 cm³/mol. The zero-order valence-electron chi connectivity index (χ0n) is 11.4. The Bertz CT molecular complexity index is 737. The largest absolute Gasteiger partial charge is 0.370 e. The van der Waals surface area contributed by atoms with Crippen LogP contribution < -0.4 is 5.32 Å². The van der Waals surface area contributed by atoms with Gasteiger partial charge in [-0.25, -0.2) is 0 Å². The Morgan fingerprint density at radius 3 is 2.86 bits per heavy atom. The zero-order chi connectivity index (χ0) is 14.5. The maximum atomic E-state index is 5.35. The maximum Gasteiger partial charge on any atom is 0.138 e. The number of aromatic amines is 1. The van der Waals surface area contributed by atoms with Gasteiger partial charge in [0.25, 0.3) is 0 Å². The first kappa shape index (κ1) is 14.1. The van der Waals surface area contributed by atoms with Crippen molar-refractivity contribution in [1.82, 2.24) is 15.3 Å². The molecule has 0 radical (unpaired) electrons. The number of pyridine rings is 1. The highest BCUT2D eigenvalue weighted by molar-refractivity contribution is 8.23. The van der Waals surface area contributed by atoms with Gasteiger partial charge < -0.3 is 10.3 Å². The van der Waals surface area contributed by atoms with Gasteiger partial charge >= 0.3 is 0 Å². The van der Waals surface area contributed by atoms with Crippen molar-refractivity contribution >= 4 is 39.2 Å². The molecule has 2 aromatic heterocycles. The molecule has 3 aromatic rings. The molecule has 0 saturated heterocycles. The van der Waals surface area contributed by atoms with E-state index in [0.29, 0.717) is 0 Å². The molecule has 0 aliphatic rings. The number of nitrogens with one attached hydrogen (secondary N) is 2. The third-order valence-corrected chi connectivity index (χ3v) is 4.43. The van der Waals surface area contributed by atoms with E-state index in [1.807, 2.05) is 18.2 Å². The van der Waals surface area contributed by atoms with Crippen molar-refractivity contribution in [3.05, 3.63) is 60.6 Å². The number of aromatic nitrogens is 2. The summed E-state index contributed by atoms with van der Waals surface area (Å²) in [6.07, 6.45) is 6.57. The molecule has 5 heteroatoms. The maximum absolute atomic E-state index is 5.35.